The van der Waals surface area contributed by atoms with Crippen LogP contribution in [0, 0.1) is 5.92 Å². The van der Waals surface area contributed by atoms with E-state index in [1.54, 1.807) is 24.3 Å². The van der Waals surface area contributed by atoms with Crippen molar-refractivity contribution in [2.75, 3.05) is 11.5 Å². The SMILES string of the molecule is O=C(CS(=O)CC1CCCC1)c1cccc(Cl)c1. The molecule has 2 rings (SSSR count). The Hall–Kier alpha value is -0.670. The van der Waals surface area contributed by atoms with E-state index in [-0.39, 0.29) is 11.5 Å². The Morgan fingerprint density at radius 1 is 1.33 bits per heavy atom. The number of Topliss-reactive ketones (excluding diaryl/α,β-unsaturated/α-hetero) is 1. The highest BCUT2D eigenvalue weighted by Gasteiger charge is 2.19. The van der Waals surface area contributed by atoms with Gasteiger partial charge in [0.1, 0.15) is 0 Å². The molecule has 2 nitrogen and oxygen atoms in total. The van der Waals surface area contributed by atoms with E-state index in [2.05, 4.69) is 0 Å². The quantitative estimate of drug-likeness (QED) is 0.776. The van der Waals surface area contributed by atoms with Gasteiger partial charge >= 0.3 is 0 Å². The fourth-order valence-corrected chi connectivity index (χ4v) is 4.02. The van der Waals surface area contributed by atoms with E-state index in [0.717, 1.165) is 12.8 Å². The first-order valence-corrected chi connectivity index (χ1v) is 8.15. The molecule has 0 N–H and O–H groups in total. The van der Waals surface area contributed by atoms with Gasteiger partial charge in [0.2, 0.25) is 0 Å². The second-order valence-corrected chi connectivity index (χ2v) is 6.77. The lowest BCUT2D eigenvalue weighted by Crippen LogP contribution is -2.17. The first kappa shape index (κ1) is 13.8. The van der Waals surface area contributed by atoms with E-state index in [4.69, 9.17) is 11.6 Å². The second kappa shape index (κ2) is 6.48. The zero-order valence-corrected chi connectivity index (χ0v) is 11.8. The zero-order chi connectivity index (χ0) is 13.0. The first-order valence-electron chi connectivity index (χ1n) is 6.29. The second-order valence-electron chi connectivity index (χ2n) is 4.83. The predicted molar refractivity (Wildman–Crippen MR) is 75.6 cm³/mol. The number of halogens is 1. The summed E-state index contributed by atoms with van der Waals surface area (Å²) in [6.07, 6.45) is 4.81. The molecule has 0 aliphatic heterocycles. The highest BCUT2D eigenvalue weighted by molar-refractivity contribution is 7.85. The summed E-state index contributed by atoms with van der Waals surface area (Å²) in [6.45, 7) is 0. The smallest absolute Gasteiger partial charge is 0.175 e. The van der Waals surface area contributed by atoms with E-state index in [9.17, 15) is 9.00 Å². The van der Waals surface area contributed by atoms with Gasteiger partial charge in [0.05, 0.1) is 5.75 Å². The minimum absolute atomic E-state index is 0.0752. The van der Waals surface area contributed by atoms with Crippen molar-refractivity contribution in [1.29, 1.82) is 0 Å². The van der Waals surface area contributed by atoms with E-state index >= 15 is 0 Å². The summed E-state index contributed by atoms with van der Waals surface area (Å²) in [6, 6.07) is 6.83. The largest absolute Gasteiger partial charge is 0.293 e. The standard InChI is InChI=1S/C14H17ClO2S/c15-13-7-3-6-12(8-13)14(16)10-18(17)9-11-4-1-2-5-11/h3,6-8,11H,1-2,4-5,9-10H2. The van der Waals surface area contributed by atoms with Gasteiger partial charge < -0.3 is 0 Å². The number of hydrogen-bond donors (Lipinski definition) is 0. The number of carbonyl (C=O) groups excluding carboxylic acids is 1. The van der Waals surface area contributed by atoms with E-state index in [0.29, 0.717) is 22.3 Å². The van der Waals surface area contributed by atoms with Crippen LogP contribution in [0.5, 0.6) is 0 Å². The highest BCUT2D eigenvalue weighted by atomic mass is 35.5. The molecule has 98 valence electrons. The number of benzene rings is 1. The fourth-order valence-electron chi connectivity index (χ4n) is 2.39. The van der Waals surface area contributed by atoms with Crippen LogP contribution in [-0.4, -0.2) is 21.5 Å². The van der Waals surface area contributed by atoms with Gasteiger partial charge in [0.15, 0.2) is 5.78 Å². The monoisotopic (exact) mass is 284 g/mol. The summed E-state index contributed by atoms with van der Waals surface area (Å²) in [7, 11) is -1.04. The predicted octanol–water partition coefficient (Wildman–Crippen LogP) is 3.46. The van der Waals surface area contributed by atoms with Crippen LogP contribution in [0.15, 0.2) is 24.3 Å². The van der Waals surface area contributed by atoms with Crippen LogP contribution in [-0.2, 0) is 10.8 Å². The lowest BCUT2D eigenvalue weighted by molar-refractivity contribution is 0.102. The molecule has 0 bridgehead atoms. The lowest BCUT2D eigenvalue weighted by Gasteiger charge is -2.08. The molecule has 0 radical (unpaired) electrons. The molecule has 1 fully saturated rings. The third kappa shape index (κ3) is 3.92. The Bertz CT molecular complexity index is 453. The average molecular weight is 285 g/mol. The molecule has 1 aromatic rings. The van der Waals surface area contributed by atoms with Gasteiger partial charge in [0, 0.05) is 27.1 Å². The summed E-state index contributed by atoms with van der Waals surface area (Å²) < 4.78 is 11.9. The minimum atomic E-state index is -1.04. The highest BCUT2D eigenvalue weighted by Crippen LogP contribution is 2.25. The average Bonchev–Trinajstić information content (AvgIpc) is 2.81. The van der Waals surface area contributed by atoms with Crippen LogP contribution < -0.4 is 0 Å². The fraction of sp³-hybridized carbons (Fsp3) is 0.500. The molecule has 4 heteroatoms. The van der Waals surface area contributed by atoms with Crippen molar-refractivity contribution in [2.45, 2.75) is 25.7 Å². The van der Waals surface area contributed by atoms with Gasteiger partial charge in [-0.1, -0.05) is 36.6 Å². The molecular weight excluding hydrogens is 268 g/mol. The lowest BCUT2D eigenvalue weighted by atomic mass is 10.1. The number of carbonyl (C=O) groups is 1. The van der Waals surface area contributed by atoms with Crippen molar-refractivity contribution in [3.63, 3.8) is 0 Å². The molecule has 1 saturated carbocycles. The van der Waals surface area contributed by atoms with E-state index in [1.165, 1.54) is 12.8 Å². The molecule has 0 saturated heterocycles. The third-order valence-corrected chi connectivity index (χ3v) is 5.00. The molecule has 0 aromatic heterocycles. The molecule has 0 amide bonds. The van der Waals surface area contributed by atoms with Crippen molar-refractivity contribution in [3.8, 4) is 0 Å². The zero-order valence-electron chi connectivity index (χ0n) is 10.2. The molecule has 0 spiro atoms. The Morgan fingerprint density at radius 2 is 2.06 bits per heavy atom. The maximum absolute atomic E-state index is 11.9. The number of rotatable bonds is 5. The van der Waals surface area contributed by atoms with Crippen molar-refractivity contribution < 1.29 is 9.00 Å². The summed E-state index contributed by atoms with van der Waals surface area (Å²) in [5, 5.41) is 0.544. The molecule has 1 unspecified atom stereocenters. The molecule has 1 aliphatic carbocycles. The van der Waals surface area contributed by atoms with Crippen LogP contribution in [0.4, 0.5) is 0 Å². The third-order valence-electron chi connectivity index (χ3n) is 3.34. The normalized spacial score (nSPS) is 17.8. The maximum atomic E-state index is 11.9. The Kier molecular flexibility index (Phi) is 4.95. The molecule has 0 heterocycles. The minimum Gasteiger partial charge on any atom is -0.293 e. The van der Waals surface area contributed by atoms with Gasteiger partial charge in [-0.2, -0.15) is 0 Å². The van der Waals surface area contributed by atoms with Crippen LogP contribution in [0.2, 0.25) is 5.02 Å². The number of hydrogen-bond acceptors (Lipinski definition) is 2. The van der Waals surface area contributed by atoms with Gasteiger partial charge in [-0.3, -0.25) is 9.00 Å². The van der Waals surface area contributed by atoms with Gasteiger partial charge in [-0.05, 0) is 30.9 Å². The summed E-state index contributed by atoms with van der Waals surface area (Å²) >= 11 is 5.83. The van der Waals surface area contributed by atoms with E-state index < -0.39 is 10.8 Å². The Labute approximate surface area is 115 Å². The number of ketones is 1. The summed E-state index contributed by atoms with van der Waals surface area (Å²) in [4.78, 5) is 11.9. The maximum Gasteiger partial charge on any atom is 0.175 e. The molecule has 1 aromatic carbocycles. The Balaban J connectivity index is 1.88. The van der Waals surface area contributed by atoms with Crippen LogP contribution in [0.25, 0.3) is 0 Å². The Morgan fingerprint density at radius 3 is 2.72 bits per heavy atom. The van der Waals surface area contributed by atoms with Crippen molar-refractivity contribution in [1.82, 2.24) is 0 Å². The van der Waals surface area contributed by atoms with Crippen LogP contribution in [0.3, 0.4) is 0 Å². The first-order chi connectivity index (χ1) is 8.65. The van der Waals surface area contributed by atoms with Crippen molar-refractivity contribution in [3.05, 3.63) is 34.9 Å². The molecule has 18 heavy (non-hydrogen) atoms. The van der Waals surface area contributed by atoms with Crippen molar-refractivity contribution >= 4 is 28.2 Å². The van der Waals surface area contributed by atoms with Crippen LogP contribution in [0.1, 0.15) is 36.0 Å². The van der Waals surface area contributed by atoms with Crippen LogP contribution >= 0.6 is 11.6 Å². The summed E-state index contributed by atoms with van der Waals surface area (Å²) in [5.74, 6) is 1.27. The van der Waals surface area contributed by atoms with Gasteiger partial charge in [-0.15, -0.1) is 0 Å². The van der Waals surface area contributed by atoms with Gasteiger partial charge in [0.25, 0.3) is 0 Å². The molecular formula is C14H17ClO2S. The van der Waals surface area contributed by atoms with Gasteiger partial charge in [-0.25, -0.2) is 0 Å². The molecule has 1 atom stereocenters. The summed E-state index contributed by atoms with van der Waals surface area (Å²) in [5.41, 5.74) is 0.558. The van der Waals surface area contributed by atoms with E-state index in [1.807, 2.05) is 0 Å². The van der Waals surface area contributed by atoms with Crippen molar-refractivity contribution in [2.24, 2.45) is 5.92 Å². The topological polar surface area (TPSA) is 34.1 Å². The molecule has 1 aliphatic rings.